The van der Waals surface area contributed by atoms with Crippen LogP contribution in [0.5, 0.6) is 0 Å². The fourth-order valence-corrected chi connectivity index (χ4v) is 2.00. The van der Waals surface area contributed by atoms with Crippen molar-refractivity contribution in [2.75, 3.05) is 5.73 Å². The summed E-state index contributed by atoms with van der Waals surface area (Å²) in [5.74, 6) is -0.881. The van der Waals surface area contributed by atoms with Crippen LogP contribution in [0.2, 0.25) is 0 Å². The van der Waals surface area contributed by atoms with Crippen molar-refractivity contribution < 1.29 is 9.90 Å². The van der Waals surface area contributed by atoms with Crippen LogP contribution in [0, 0.1) is 0 Å². The number of rotatable bonds is 3. The number of anilines is 1. The zero-order valence-electron chi connectivity index (χ0n) is 9.72. The van der Waals surface area contributed by atoms with Crippen molar-refractivity contribution in [3.63, 3.8) is 0 Å². The molecule has 2 rings (SSSR count). The van der Waals surface area contributed by atoms with E-state index in [0.717, 1.165) is 10.0 Å². The summed E-state index contributed by atoms with van der Waals surface area (Å²) in [7, 11) is 0. The number of aromatic nitrogens is 2. The topological polar surface area (TPSA) is 81.1 Å². The highest BCUT2D eigenvalue weighted by molar-refractivity contribution is 9.10. The van der Waals surface area contributed by atoms with Crippen LogP contribution in [0.1, 0.15) is 17.3 Å². The predicted octanol–water partition coefficient (Wildman–Crippen LogP) is 2.61. The first-order valence-electron chi connectivity index (χ1n) is 5.40. The van der Waals surface area contributed by atoms with Crippen molar-refractivity contribution >= 4 is 27.7 Å². The lowest BCUT2D eigenvalue weighted by molar-refractivity contribution is 0.0699. The van der Waals surface area contributed by atoms with Crippen LogP contribution in [0.25, 0.3) is 11.3 Å². The monoisotopic (exact) mass is 309 g/mol. The number of hydrogen-bond donors (Lipinski definition) is 2. The molecule has 5 nitrogen and oxygen atoms in total. The molecule has 94 valence electrons. The van der Waals surface area contributed by atoms with Crippen molar-refractivity contribution in [1.29, 1.82) is 0 Å². The normalized spacial score (nSPS) is 10.6. The average Bonchev–Trinajstić information content (AvgIpc) is 2.67. The molecule has 18 heavy (non-hydrogen) atoms. The molecule has 1 heterocycles. The highest BCUT2D eigenvalue weighted by Gasteiger charge is 2.21. The van der Waals surface area contributed by atoms with E-state index in [2.05, 4.69) is 21.0 Å². The van der Waals surface area contributed by atoms with Gasteiger partial charge >= 0.3 is 5.97 Å². The number of aromatic carboxylic acids is 1. The van der Waals surface area contributed by atoms with Crippen LogP contribution in [0.3, 0.4) is 0 Å². The average molecular weight is 310 g/mol. The van der Waals surface area contributed by atoms with Gasteiger partial charge in [0, 0.05) is 16.6 Å². The Morgan fingerprint density at radius 3 is 2.56 bits per heavy atom. The molecule has 0 aliphatic rings. The van der Waals surface area contributed by atoms with Gasteiger partial charge in [-0.2, -0.15) is 5.10 Å². The molecule has 1 aromatic carbocycles. The van der Waals surface area contributed by atoms with Crippen molar-refractivity contribution in [2.45, 2.75) is 13.5 Å². The molecule has 2 aromatic rings. The smallest absolute Gasteiger partial charge is 0.341 e. The number of halogens is 1. The standard InChI is InChI=1S/C12H12BrN3O2/c1-2-16-11(14)9(12(17)18)10(15-16)7-3-5-8(13)6-4-7/h3-6H,2,14H2,1H3,(H,17,18). The number of nitrogens with two attached hydrogens (primary N) is 1. The minimum atomic E-state index is -1.06. The summed E-state index contributed by atoms with van der Waals surface area (Å²) in [4.78, 5) is 11.3. The highest BCUT2D eigenvalue weighted by atomic mass is 79.9. The minimum Gasteiger partial charge on any atom is -0.477 e. The van der Waals surface area contributed by atoms with Gasteiger partial charge in [-0.05, 0) is 19.1 Å². The third kappa shape index (κ3) is 2.11. The number of aryl methyl sites for hydroxylation is 1. The maximum absolute atomic E-state index is 11.3. The Morgan fingerprint density at radius 1 is 1.44 bits per heavy atom. The van der Waals surface area contributed by atoms with E-state index >= 15 is 0 Å². The molecule has 1 aromatic heterocycles. The van der Waals surface area contributed by atoms with Crippen LogP contribution >= 0.6 is 15.9 Å². The largest absolute Gasteiger partial charge is 0.477 e. The van der Waals surface area contributed by atoms with Crippen LogP contribution in [-0.4, -0.2) is 20.9 Å². The van der Waals surface area contributed by atoms with Gasteiger partial charge in [0.2, 0.25) is 0 Å². The molecule has 0 spiro atoms. The molecule has 0 aliphatic heterocycles. The van der Waals surface area contributed by atoms with Gasteiger partial charge in [-0.25, -0.2) is 9.48 Å². The molecule has 0 aliphatic carbocycles. The lowest BCUT2D eigenvalue weighted by Crippen LogP contribution is -2.05. The lowest BCUT2D eigenvalue weighted by atomic mass is 10.1. The summed E-state index contributed by atoms with van der Waals surface area (Å²) in [5.41, 5.74) is 6.98. The van der Waals surface area contributed by atoms with Gasteiger partial charge in [-0.1, -0.05) is 28.1 Å². The Morgan fingerprint density at radius 2 is 2.06 bits per heavy atom. The van der Waals surface area contributed by atoms with E-state index in [0.29, 0.717) is 12.2 Å². The first-order valence-corrected chi connectivity index (χ1v) is 6.19. The molecule has 0 unspecified atom stereocenters. The molecule has 0 atom stereocenters. The first kappa shape index (κ1) is 12.6. The highest BCUT2D eigenvalue weighted by Crippen LogP contribution is 2.28. The summed E-state index contributed by atoms with van der Waals surface area (Å²) in [6.45, 7) is 2.39. The molecule has 0 bridgehead atoms. The van der Waals surface area contributed by atoms with Crippen molar-refractivity contribution in [3.05, 3.63) is 34.3 Å². The van der Waals surface area contributed by atoms with Gasteiger partial charge in [0.15, 0.2) is 0 Å². The summed E-state index contributed by atoms with van der Waals surface area (Å²) in [6, 6.07) is 7.28. The Hall–Kier alpha value is -1.82. The van der Waals surface area contributed by atoms with Crippen LogP contribution in [-0.2, 0) is 6.54 Å². The minimum absolute atomic E-state index is 0.0548. The van der Waals surface area contributed by atoms with E-state index in [1.165, 1.54) is 4.68 Å². The lowest BCUT2D eigenvalue weighted by Gasteiger charge is -1.99. The Labute approximate surface area is 112 Å². The maximum Gasteiger partial charge on any atom is 0.341 e. The van der Waals surface area contributed by atoms with E-state index in [1.54, 1.807) is 12.1 Å². The molecule has 0 saturated carbocycles. The molecule has 3 N–H and O–H groups in total. The van der Waals surface area contributed by atoms with Crippen LogP contribution in [0.4, 0.5) is 5.82 Å². The molecular weight excluding hydrogens is 298 g/mol. The van der Waals surface area contributed by atoms with E-state index in [-0.39, 0.29) is 11.4 Å². The number of nitrogen functional groups attached to an aromatic ring is 1. The number of carbonyl (C=O) groups is 1. The third-order valence-corrected chi connectivity index (χ3v) is 3.15. The predicted molar refractivity (Wildman–Crippen MR) is 72.4 cm³/mol. The summed E-state index contributed by atoms with van der Waals surface area (Å²) in [6.07, 6.45) is 0. The van der Waals surface area contributed by atoms with Crippen LogP contribution < -0.4 is 5.73 Å². The SMILES string of the molecule is CCn1nc(-c2ccc(Br)cc2)c(C(=O)O)c1N. The van der Waals surface area contributed by atoms with E-state index in [1.807, 2.05) is 19.1 Å². The second-order valence-electron chi connectivity index (χ2n) is 3.74. The Bertz CT molecular complexity index is 590. The zero-order valence-corrected chi connectivity index (χ0v) is 11.3. The number of hydrogen-bond acceptors (Lipinski definition) is 3. The molecule has 0 radical (unpaired) electrons. The molecular formula is C12H12BrN3O2. The zero-order chi connectivity index (χ0) is 13.3. The van der Waals surface area contributed by atoms with Gasteiger partial charge in [0.1, 0.15) is 17.1 Å². The Kier molecular flexibility index (Phi) is 3.38. The van der Waals surface area contributed by atoms with Gasteiger partial charge in [-0.3, -0.25) is 0 Å². The summed E-state index contributed by atoms with van der Waals surface area (Å²) < 4.78 is 2.41. The number of carboxylic acids is 1. The fraction of sp³-hybridized carbons (Fsp3) is 0.167. The number of benzene rings is 1. The van der Waals surface area contributed by atoms with Gasteiger partial charge in [0.25, 0.3) is 0 Å². The van der Waals surface area contributed by atoms with Gasteiger partial charge in [-0.15, -0.1) is 0 Å². The Balaban J connectivity index is 2.63. The van der Waals surface area contributed by atoms with Crippen molar-refractivity contribution in [3.8, 4) is 11.3 Å². The second-order valence-corrected chi connectivity index (χ2v) is 4.65. The third-order valence-electron chi connectivity index (χ3n) is 2.62. The van der Waals surface area contributed by atoms with Gasteiger partial charge < -0.3 is 10.8 Å². The summed E-state index contributed by atoms with van der Waals surface area (Å²) >= 11 is 3.33. The molecule has 0 fully saturated rings. The fourth-order valence-electron chi connectivity index (χ4n) is 1.74. The molecule has 0 amide bonds. The first-order chi connectivity index (χ1) is 8.54. The maximum atomic E-state index is 11.3. The second kappa shape index (κ2) is 4.81. The number of nitrogens with zero attached hydrogens (tertiary/aromatic N) is 2. The van der Waals surface area contributed by atoms with E-state index in [4.69, 9.17) is 5.73 Å². The molecule has 6 heteroatoms. The van der Waals surface area contributed by atoms with Gasteiger partial charge in [0.05, 0.1) is 0 Å². The van der Waals surface area contributed by atoms with Crippen molar-refractivity contribution in [2.24, 2.45) is 0 Å². The van der Waals surface area contributed by atoms with Crippen molar-refractivity contribution in [1.82, 2.24) is 9.78 Å². The van der Waals surface area contributed by atoms with E-state index < -0.39 is 5.97 Å². The summed E-state index contributed by atoms with van der Waals surface area (Å²) in [5, 5.41) is 13.5. The quantitative estimate of drug-likeness (QED) is 0.913. The van der Waals surface area contributed by atoms with Crippen LogP contribution in [0.15, 0.2) is 28.7 Å². The molecule has 0 saturated heterocycles. The van der Waals surface area contributed by atoms with E-state index in [9.17, 15) is 9.90 Å². The number of carboxylic acid groups (broad SMARTS) is 1.